The van der Waals surface area contributed by atoms with Crippen LogP contribution in [0.1, 0.15) is 18.9 Å². The zero-order chi connectivity index (χ0) is 12.2. The van der Waals surface area contributed by atoms with Crippen LogP contribution >= 0.6 is 0 Å². The zero-order valence-electron chi connectivity index (χ0n) is 8.88. The molecule has 1 N–H and O–H groups in total. The highest BCUT2D eigenvalue weighted by Gasteiger charge is 2.30. The Morgan fingerprint density at radius 2 is 2.25 bits per heavy atom. The van der Waals surface area contributed by atoms with Gasteiger partial charge in [-0.15, -0.1) is 6.58 Å². The third-order valence-electron chi connectivity index (χ3n) is 2.00. The van der Waals surface area contributed by atoms with E-state index >= 15 is 0 Å². The van der Waals surface area contributed by atoms with E-state index in [-0.39, 0.29) is 11.9 Å². The van der Waals surface area contributed by atoms with Crippen molar-refractivity contribution in [1.82, 2.24) is 4.98 Å². The Hall–Kier alpha value is -1.52. The standard InChI is InChI=1S/C11H13F3N2/c1-3-4-8(2)16-10-7-9(5-6-15-10)11(12,13)14/h3,5-8H,1,4H2,2H3,(H,15,16). The maximum absolute atomic E-state index is 12.4. The lowest BCUT2D eigenvalue weighted by molar-refractivity contribution is -0.137. The minimum Gasteiger partial charge on any atom is -0.367 e. The molecule has 0 saturated heterocycles. The van der Waals surface area contributed by atoms with Gasteiger partial charge in [0.2, 0.25) is 0 Å². The van der Waals surface area contributed by atoms with Crippen LogP contribution in [0.4, 0.5) is 19.0 Å². The summed E-state index contributed by atoms with van der Waals surface area (Å²) in [6.07, 6.45) is -0.823. The van der Waals surface area contributed by atoms with Gasteiger partial charge in [-0.3, -0.25) is 0 Å². The molecule has 5 heteroatoms. The number of aromatic nitrogens is 1. The lowest BCUT2D eigenvalue weighted by atomic mass is 10.2. The lowest BCUT2D eigenvalue weighted by Crippen LogP contribution is -2.15. The van der Waals surface area contributed by atoms with Crippen molar-refractivity contribution in [2.24, 2.45) is 0 Å². The van der Waals surface area contributed by atoms with E-state index in [0.29, 0.717) is 6.42 Å². The maximum atomic E-state index is 12.4. The van der Waals surface area contributed by atoms with Gasteiger partial charge < -0.3 is 5.32 Å². The molecule has 1 atom stereocenters. The fourth-order valence-corrected chi connectivity index (χ4v) is 1.25. The van der Waals surface area contributed by atoms with Gasteiger partial charge in [0.1, 0.15) is 5.82 Å². The second kappa shape index (κ2) is 5.01. The third-order valence-corrected chi connectivity index (χ3v) is 2.00. The molecule has 0 aliphatic carbocycles. The topological polar surface area (TPSA) is 24.9 Å². The van der Waals surface area contributed by atoms with E-state index in [1.165, 1.54) is 0 Å². The van der Waals surface area contributed by atoms with Crippen LogP contribution in [0.2, 0.25) is 0 Å². The molecule has 0 amide bonds. The van der Waals surface area contributed by atoms with E-state index in [1.807, 2.05) is 6.92 Å². The molecule has 1 aromatic rings. The Morgan fingerprint density at radius 1 is 1.56 bits per heavy atom. The summed E-state index contributed by atoms with van der Waals surface area (Å²) in [5.74, 6) is 0.226. The molecule has 2 nitrogen and oxygen atoms in total. The fraction of sp³-hybridized carbons (Fsp3) is 0.364. The van der Waals surface area contributed by atoms with Crippen LogP contribution in [0.25, 0.3) is 0 Å². The predicted octanol–water partition coefficient (Wildman–Crippen LogP) is 3.48. The minimum absolute atomic E-state index is 0.00786. The molecule has 0 aromatic carbocycles. The van der Waals surface area contributed by atoms with Gasteiger partial charge in [-0.1, -0.05) is 6.08 Å². The zero-order valence-corrected chi connectivity index (χ0v) is 8.88. The summed E-state index contributed by atoms with van der Waals surface area (Å²) < 4.78 is 37.1. The number of anilines is 1. The van der Waals surface area contributed by atoms with Crippen LogP contribution in [0.5, 0.6) is 0 Å². The van der Waals surface area contributed by atoms with Crippen molar-refractivity contribution in [2.75, 3.05) is 5.32 Å². The van der Waals surface area contributed by atoms with E-state index in [4.69, 9.17) is 0 Å². The average Bonchev–Trinajstić information content (AvgIpc) is 2.17. The average molecular weight is 230 g/mol. The summed E-state index contributed by atoms with van der Waals surface area (Å²) in [6.45, 7) is 5.41. The van der Waals surface area contributed by atoms with Crippen LogP contribution in [0, 0.1) is 0 Å². The molecule has 0 spiro atoms. The van der Waals surface area contributed by atoms with Crippen molar-refractivity contribution in [3.8, 4) is 0 Å². The largest absolute Gasteiger partial charge is 0.416 e. The van der Waals surface area contributed by atoms with E-state index in [2.05, 4.69) is 16.9 Å². The first-order chi connectivity index (χ1) is 7.43. The van der Waals surface area contributed by atoms with E-state index in [9.17, 15) is 13.2 Å². The summed E-state index contributed by atoms with van der Waals surface area (Å²) in [4.78, 5) is 3.83. The minimum atomic E-state index is -4.33. The summed E-state index contributed by atoms with van der Waals surface area (Å²) in [5, 5.41) is 2.87. The van der Waals surface area contributed by atoms with Gasteiger partial charge in [0, 0.05) is 12.2 Å². The number of rotatable bonds is 4. The molecule has 1 rings (SSSR count). The molecular weight excluding hydrogens is 217 g/mol. The molecule has 0 fully saturated rings. The van der Waals surface area contributed by atoms with E-state index in [1.54, 1.807) is 6.08 Å². The summed E-state index contributed by atoms with van der Waals surface area (Å²) in [6, 6.07) is 1.96. The first kappa shape index (κ1) is 12.5. The maximum Gasteiger partial charge on any atom is 0.416 e. The Kier molecular flexibility index (Phi) is 3.93. The van der Waals surface area contributed by atoms with Gasteiger partial charge in [0.15, 0.2) is 0 Å². The highest BCUT2D eigenvalue weighted by molar-refractivity contribution is 5.39. The van der Waals surface area contributed by atoms with Crippen molar-refractivity contribution < 1.29 is 13.2 Å². The van der Waals surface area contributed by atoms with Crippen LogP contribution < -0.4 is 5.32 Å². The summed E-state index contributed by atoms with van der Waals surface area (Å²) in [7, 11) is 0. The number of pyridine rings is 1. The Labute approximate surface area is 92.2 Å². The number of halogens is 3. The van der Waals surface area contributed by atoms with Crippen LogP contribution in [-0.4, -0.2) is 11.0 Å². The predicted molar refractivity (Wildman–Crippen MR) is 57.1 cm³/mol. The van der Waals surface area contributed by atoms with Crippen molar-refractivity contribution in [2.45, 2.75) is 25.6 Å². The second-order valence-electron chi connectivity index (χ2n) is 3.50. The van der Waals surface area contributed by atoms with Crippen LogP contribution in [-0.2, 0) is 6.18 Å². The second-order valence-corrected chi connectivity index (χ2v) is 3.50. The Balaban J connectivity index is 2.79. The summed E-state index contributed by atoms with van der Waals surface area (Å²) >= 11 is 0. The quantitative estimate of drug-likeness (QED) is 0.801. The first-order valence-electron chi connectivity index (χ1n) is 4.84. The van der Waals surface area contributed by atoms with Gasteiger partial charge in [0.05, 0.1) is 5.56 Å². The van der Waals surface area contributed by atoms with E-state index < -0.39 is 11.7 Å². The molecule has 88 valence electrons. The molecule has 1 heterocycles. The summed E-state index contributed by atoms with van der Waals surface area (Å²) in [5.41, 5.74) is -0.698. The van der Waals surface area contributed by atoms with Crippen molar-refractivity contribution >= 4 is 5.82 Å². The molecular formula is C11H13F3N2. The number of nitrogens with zero attached hydrogens (tertiary/aromatic N) is 1. The molecule has 1 aromatic heterocycles. The van der Waals surface area contributed by atoms with Crippen molar-refractivity contribution in [3.63, 3.8) is 0 Å². The molecule has 0 radical (unpaired) electrons. The first-order valence-corrected chi connectivity index (χ1v) is 4.84. The fourth-order valence-electron chi connectivity index (χ4n) is 1.25. The highest BCUT2D eigenvalue weighted by atomic mass is 19.4. The molecule has 0 saturated carbocycles. The lowest BCUT2D eigenvalue weighted by Gasteiger charge is -2.13. The Morgan fingerprint density at radius 3 is 2.81 bits per heavy atom. The van der Waals surface area contributed by atoms with Gasteiger partial charge in [-0.2, -0.15) is 13.2 Å². The third kappa shape index (κ3) is 3.56. The Bertz CT molecular complexity index is 360. The van der Waals surface area contributed by atoms with Crippen LogP contribution in [0.15, 0.2) is 31.0 Å². The van der Waals surface area contributed by atoms with Gasteiger partial charge >= 0.3 is 6.18 Å². The highest BCUT2D eigenvalue weighted by Crippen LogP contribution is 2.29. The van der Waals surface area contributed by atoms with Gasteiger partial charge in [-0.05, 0) is 25.5 Å². The molecule has 1 unspecified atom stereocenters. The number of hydrogen-bond acceptors (Lipinski definition) is 2. The molecule has 0 bridgehead atoms. The normalized spacial score (nSPS) is 13.2. The molecule has 16 heavy (non-hydrogen) atoms. The van der Waals surface area contributed by atoms with E-state index in [0.717, 1.165) is 18.3 Å². The van der Waals surface area contributed by atoms with Crippen molar-refractivity contribution in [1.29, 1.82) is 0 Å². The monoisotopic (exact) mass is 230 g/mol. The van der Waals surface area contributed by atoms with Gasteiger partial charge in [0.25, 0.3) is 0 Å². The number of nitrogens with one attached hydrogen (secondary N) is 1. The SMILES string of the molecule is C=CCC(C)Nc1cc(C(F)(F)F)ccn1. The van der Waals surface area contributed by atoms with Crippen molar-refractivity contribution in [3.05, 3.63) is 36.5 Å². The number of alkyl halides is 3. The number of hydrogen-bond donors (Lipinski definition) is 1. The molecule has 0 aliphatic heterocycles. The van der Waals surface area contributed by atoms with Crippen LogP contribution in [0.3, 0.4) is 0 Å². The molecule has 0 aliphatic rings. The van der Waals surface area contributed by atoms with Gasteiger partial charge in [-0.25, -0.2) is 4.98 Å². The smallest absolute Gasteiger partial charge is 0.367 e.